The van der Waals surface area contributed by atoms with Gasteiger partial charge in [-0.05, 0) is 51.6 Å². The molecule has 0 bridgehead atoms. The summed E-state index contributed by atoms with van der Waals surface area (Å²) < 4.78 is 48.4. The summed E-state index contributed by atoms with van der Waals surface area (Å²) in [4.78, 5) is 44.5. The van der Waals surface area contributed by atoms with E-state index in [2.05, 4.69) is 16.0 Å². The normalized spacial score (nSPS) is 25.8. The van der Waals surface area contributed by atoms with Crippen molar-refractivity contribution in [1.82, 2.24) is 25.8 Å². The predicted molar refractivity (Wildman–Crippen MR) is 151 cm³/mol. The highest BCUT2D eigenvalue weighted by Gasteiger charge is 2.49. The molecule has 0 spiro atoms. The Labute approximate surface area is 245 Å². The second kappa shape index (κ2) is 14.2. The fourth-order valence-electron chi connectivity index (χ4n) is 6.53. The number of carbonyl (C=O) groups is 3. The van der Waals surface area contributed by atoms with Crippen LogP contribution in [0.15, 0.2) is 30.3 Å². The molecular formula is C30H44F3N5O4. The number of halogens is 3. The van der Waals surface area contributed by atoms with Crippen molar-refractivity contribution in [3.8, 4) is 0 Å². The standard InChI is InChI=1S/C30H44F3N5O4/c1-4-42-23-15-22-16-38(29(41)25(20-11-7-5-8-12-20)35-27(39)19(2)34-3)24(18-37(22)17-23)28(40)36-26(30(31,32)33)21-13-9-6-10-14-21/h6,9-10,13-14,19-20,22-26,34H,4-5,7-8,11-12,15-18H2,1-3H3,(H,35,39)(H,36,40)/t19-,22+,23+,24-,25-,26-/m0/s1. The van der Waals surface area contributed by atoms with Crippen molar-refractivity contribution in [2.75, 3.05) is 33.3 Å². The molecule has 1 aromatic carbocycles. The molecule has 0 unspecified atom stereocenters. The van der Waals surface area contributed by atoms with Crippen molar-refractivity contribution < 1.29 is 32.3 Å². The largest absolute Gasteiger partial charge is 0.412 e. The third kappa shape index (κ3) is 7.62. The van der Waals surface area contributed by atoms with Crippen LogP contribution in [0.5, 0.6) is 0 Å². The van der Waals surface area contributed by atoms with E-state index in [0.29, 0.717) is 19.6 Å². The van der Waals surface area contributed by atoms with Gasteiger partial charge in [0.1, 0.15) is 12.1 Å². The summed E-state index contributed by atoms with van der Waals surface area (Å²) in [5.74, 6) is -1.74. The minimum Gasteiger partial charge on any atom is -0.377 e. The zero-order valence-electron chi connectivity index (χ0n) is 24.7. The molecular weight excluding hydrogens is 551 g/mol. The van der Waals surface area contributed by atoms with E-state index in [1.807, 2.05) is 11.8 Å². The van der Waals surface area contributed by atoms with Gasteiger partial charge in [0.2, 0.25) is 17.7 Å². The molecule has 6 atom stereocenters. The molecule has 3 aliphatic rings. The van der Waals surface area contributed by atoms with Gasteiger partial charge in [0.15, 0.2) is 6.04 Å². The Morgan fingerprint density at radius 3 is 2.33 bits per heavy atom. The van der Waals surface area contributed by atoms with Gasteiger partial charge in [0, 0.05) is 32.3 Å². The number of nitrogens with zero attached hydrogens (tertiary/aromatic N) is 2. The van der Waals surface area contributed by atoms with Crippen molar-refractivity contribution in [1.29, 1.82) is 0 Å². The van der Waals surface area contributed by atoms with Gasteiger partial charge in [-0.3, -0.25) is 19.3 Å². The SMILES string of the molecule is CCO[C@@H]1C[C@@H]2CN(C(=O)[C@@H](NC(=O)[C@H](C)NC)C3CCCCC3)[C@H](C(=O)N[C@@H](c3ccccc3)C(F)(F)F)CN2C1. The number of fused-ring (bicyclic) bond motifs is 1. The van der Waals surface area contributed by atoms with Crippen LogP contribution in [0.3, 0.4) is 0 Å². The summed E-state index contributed by atoms with van der Waals surface area (Å²) in [6, 6.07) is 2.34. The second-order valence-corrected chi connectivity index (χ2v) is 11.7. The van der Waals surface area contributed by atoms with Gasteiger partial charge in [-0.15, -0.1) is 0 Å². The van der Waals surface area contributed by atoms with Crippen LogP contribution in [-0.4, -0.2) is 97.3 Å². The number of nitrogens with one attached hydrogen (secondary N) is 3. The van der Waals surface area contributed by atoms with Gasteiger partial charge in [0.25, 0.3) is 0 Å². The maximum atomic E-state index is 14.3. The number of hydrogen-bond acceptors (Lipinski definition) is 6. The zero-order chi connectivity index (χ0) is 30.4. The Balaban J connectivity index is 1.64. The van der Waals surface area contributed by atoms with E-state index in [-0.39, 0.29) is 42.6 Å². The molecule has 0 radical (unpaired) electrons. The summed E-state index contributed by atoms with van der Waals surface area (Å²) >= 11 is 0. The molecule has 2 saturated heterocycles. The average molecular weight is 596 g/mol. The van der Waals surface area contributed by atoms with Crippen molar-refractivity contribution in [2.24, 2.45) is 5.92 Å². The topological polar surface area (TPSA) is 103 Å². The predicted octanol–water partition coefficient (Wildman–Crippen LogP) is 2.77. The van der Waals surface area contributed by atoms with Gasteiger partial charge in [-0.2, -0.15) is 13.2 Å². The van der Waals surface area contributed by atoms with E-state index in [1.54, 1.807) is 20.0 Å². The highest BCUT2D eigenvalue weighted by molar-refractivity contribution is 5.93. The molecule has 3 amide bonds. The lowest BCUT2D eigenvalue weighted by molar-refractivity contribution is -0.167. The number of benzene rings is 1. The van der Waals surface area contributed by atoms with Crippen molar-refractivity contribution in [3.05, 3.63) is 35.9 Å². The van der Waals surface area contributed by atoms with Gasteiger partial charge in [-0.25, -0.2) is 0 Å². The Bertz CT molecular complexity index is 1070. The van der Waals surface area contributed by atoms with Gasteiger partial charge in [0.05, 0.1) is 12.1 Å². The van der Waals surface area contributed by atoms with Crippen LogP contribution in [0.25, 0.3) is 0 Å². The van der Waals surface area contributed by atoms with Crippen LogP contribution >= 0.6 is 0 Å². The molecule has 9 nitrogen and oxygen atoms in total. The monoisotopic (exact) mass is 595 g/mol. The van der Waals surface area contributed by atoms with Crippen molar-refractivity contribution in [3.63, 3.8) is 0 Å². The molecule has 1 aliphatic carbocycles. The third-order valence-corrected chi connectivity index (χ3v) is 8.93. The summed E-state index contributed by atoms with van der Waals surface area (Å²) in [5.41, 5.74) is -0.0871. The van der Waals surface area contributed by atoms with Gasteiger partial charge >= 0.3 is 6.18 Å². The molecule has 2 heterocycles. The molecule has 234 valence electrons. The first-order valence-corrected chi connectivity index (χ1v) is 15.1. The van der Waals surface area contributed by atoms with Crippen LogP contribution in [0.2, 0.25) is 0 Å². The first-order chi connectivity index (χ1) is 20.0. The number of alkyl halides is 3. The smallest absolute Gasteiger partial charge is 0.377 e. The Kier molecular flexibility index (Phi) is 10.9. The van der Waals surface area contributed by atoms with E-state index < -0.39 is 42.2 Å². The van der Waals surface area contributed by atoms with E-state index in [9.17, 15) is 27.6 Å². The number of ether oxygens (including phenoxy) is 1. The second-order valence-electron chi connectivity index (χ2n) is 11.7. The maximum Gasteiger partial charge on any atom is 0.412 e. The number of carbonyl (C=O) groups excluding carboxylic acids is 3. The molecule has 1 saturated carbocycles. The fraction of sp³-hybridized carbons (Fsp3) is 0.700. The van der Waals surface area contributed by atoms with Crippen molar-refractivity contribution >= 4 is 17.7 Å². The maximum absolute atomic E-state index is 14.3. The van der Waals surface area contributed by atoms with Crippen LogP contribution in [0.4, 0.5) is 13.2 Å². The highest BCUT2D eigenvalue weighted by Crippen LogP contribution is 2.34. The first-order valence-electron chi connectivity index (χ1n) is 15.1. The minimum atomic E-state index is -4.74. The van der Waals surface area contributed by atoms with Crippen LogP contribution in [0.1, 0.15) is 64.0 Å². The lowest BCUT2D eigenvalue weighted by Crippen LogP contribution is -2.66. The van der Waals surface area contributed by atoms with Gasteiger partial charge in [-0.1, -0.05) is 49.6 Å². The third-order valence-electron chi connectivity index (χ3n) is 8.93. The quantitative estimate of drug-likeness (QED) is 0.385. The zero-order valence-corrected chi connectivity index (χ0v) is 24.7. The highest BCUT2D eigenvalue weighted by atomic mass is 19.4. The Morgan fingerprint density at radius 2 is 1.71 bits per heavy atom. The molecule has 2 aliphatic heterocycles. The number of piperazine rings is 1. The first kappa shape index (κ1) is 32.2. The molecule has 0 aromatic heterocycles. The van der Waals surface area contributed by atoms with E-state index in [0.717, 1.165) is 32.1 Å². The summed E-state index contributed by atoms with van der Waals surface area (Å²) in [6.45, 7) is 4.90. The van der Waals surface area contributed by atoms with Gasteiger partial charge < -0.3 is 25.6 Å². The van der Waals surface area contributed by atoms with Crippen LogP contribution < -0.4 is 16.0 Å². The van der Waals surface area contributed by atoms with E-state index in [1.165, 1.54) is 29.2 Å². The molecule has 1 aromatic rings. The Morgan fingerprint density at radius 1 is 1.02 bits per heavy atom. The molecule has 42 heavy (non-hydrogen) atoms. The number of amides is 3. The number of hydrogen-bond donors (Lipinski definition) is 3. The van der Waals surface area contributed by atoms with E-state index >= 15 is 0 Å². The van der Waals surface area contributed by atoms with Crippen LogP contribution in [-0.2, 0) is 19.1 Å². The molecule has 3 fully saturated rings. The number of likely N-dealkylation sites (N-methyl/N-ethyl adjacent to an activating group) is 1. The van der Waals surface area contributed by atoms with Crippen LogP contribution in [0, 0.1) is 5.92 Å². The molecule has 3 N–H and O–H groups in total. The summed E-state index contributed by atoms with van der Waals surface area (Å²) in [5, 5.41) is 8.04. The average Bonchev–Trinajstić information content (AvgIpc) is 3.38. The van der Waals surface area contributed by atoms with E-state index in [4.69, 9.17) is 4.74 Å². The number of rotatable bonds is 10. The summed E-state index contributed by atoms with van der Waals surface area (Å²) in [7, 11) is 1.65. The lowest BCUT2D eigenvalue weighted by Gasteiger charge is -2.45. The minimum absolute atomic E-state index is 0.0867. The van der Waals surface area contributed by atoms with Crippen molar-refractivity contribution in [2.45, 2.75) is 94.9 Å². The Hall–Kier alpha value is -2.70. The fourth-order valence-corrected chi connectivity index (χ4v) is 6.53. The molecule has 12 heteroatoms. The lowest BCUT2D eigenvalue weighted by atomic mass is 9.82. The summed E-state index contributed by atoms with van der Waals surface area (Å²) in [6.07, 6.45) is 0.219. The molecule has 4 rings (SSSR count).